The SMILES string of the molecule is CC1(C)C2=CC=CCC2C2=CC=C(N(C3=CCC(C4CC=CC(N5C6C=CCCC6C6CCCCC65)C4)C=C3)C3CC=CC=C3C3CCCCC3)CC21. The number of nitrogens with zero attached hydrogens (tertiary/aromatic N) is 2. The first-order valence-corrected chi connectivity index (χ1v) is 22.5. The first-order chi connectivity index (χ1) is 26.1. The Kier molecular flexibility index (Phi) is 9.37. The lowest BCUT2D eigenvalue weighted by Crippen LogP contribution is -2.47. The van der Waals surface area contributed by atoms with E-state index in [0.29, 0.717) is 35.9 Å². The van der Waals surface area contributed by atoms with Crippen LogP contribution in [0.3, 0.4) is 0 Å². The van der Waals surface area contributed by atoms with Crippen molar-refractivity contribution in [3.05, 3.63) is 119 Å². The summed E-state index contributed by atoms with van der Waals surface area (Å²) in [6.45, 7) is 5.08. The quantitative estimate of drug-likeness (QED) is 0.254. The molecule has 10 unspecified atom stereocenters. The fourth-order valence-corrected chi connectivity index (χ4v) is 13.9. The molecule has 10 rings (SSSR count). The van der Waals surface area contributed by atoms with Crippen molar-refractivity contribution in [3.63, 3.8) is 0 Å². The molecule has 1 aliphatic heterocycles. The van der Waals surface area contributed by atoms with E-state index in [1.807, 2.05) is 0 Å². The van der Waals surface area contributed by atoms with Crippen LogP contribution in [-0.4, -0.2) is 34.0 Å². The molecule has 4 fully saturated rings. The van der Waals surface area contributed by atoms with E-state index >= 15 is 0 Å². The van der Waals surface area contributed by atoms with E-state index in [2.05, 4.69) is 115 Å². The molecule has 2 heteroatoms. The van der Waals surface area contributed by atoms with E-state index in [-0.39, 0.29) is 5.41 Å². The van der Waals surface area contributed by atoms with Gasteiger partial charge in [-0.15, -0.1) is 0 Å². The lowest BCUT2D eigenvalue weighted by Gasteiger charge is -2.45. The molecule has 1 heterocycles. The Labute approximate surface area is 322 Å². The lowest BCUT2D eigenvalue weighted by molar-refractivity contribution is 0.109. The molecule has 0 bridgehead atoms. The standard InChI is InChI=1S/C51H66N2/c1-51(2)46-23-10-6-20-42(46)43-32-31-40(34-47(43)51)52(48-24-11-7-19-41(48)36-15-4-3-5-16-36)38-29-27-35(28-30-38)37-17-14-18-39(33-37)53-49-25-12-8-21-44(49)45-22-9-13-26-50(45)53/h6-7,10-12,14,18-19,23,25,27,29-32,35-37,39,42,44-45,47-50H,3-5,8-9,13,15-17,20-22,24,26,28,33-34H2,1-2H3. The predicted molar refractivity (Wildman–Crippen MR) is 222 cm³/mol. The minimum Gasteiger partial charge on any atom is -0.338 e. The summed E-state index contributed by atoms with van der Waals surface area (Å²) in [6.07, 6.45) is 60.7. The van der Waals surface area contributed by atoms with Crippen LogP contribution in [0.4, 0.5) is 0 Å². The van der Waals surface area contributed by atoms with Gasteiger partial charge in [-0.3, -0.25) is 4.90 Å². The highest BCUT2D eigenvalue weighted by atomic mass is 15.3. The van der Waals surface area contributed by atoms with Crippen molar-refractivity contribution in [3.8, 4) is 0 Å². The van der Waals surface area contributed by atoms with E-state index in [0.717, 1.165) is 42.6 Å². The Morgan fingerprint density at radius 2 is 1.57 bits per heavy atom. The highest BCUT2D eigenvalue weighted by molar-refractivity contribution is 5.48. The van der Waals surface area contributed by atoms with Gasteiger partial charge >= 0.3 is 0 Å². The third kappa shape index (κ3) is 6.07. The maximum Gasteiger partial charge on any atom is 0.0588 e. The second-order valence-corrected chi connectivity index (χ2v) is 19.4. The molecular formula is C51H66N2. The van der Waals surface area contributed by atoms with Crippen molar-refractivity contribution in [2.45, 2.75) is 147 Å². The lowest BCUT2D eigenvalue weighted by atomic mass is 9.73. The molecular weight excluding hydrogens is 641 g/mol. The number of fused-ring (bicyclic) bond motifs is 6. The van der Waals surface area contributed by atoms with Crippen molar-refractivity contribution in [1.29, 1.82) is 0 Å². The highest BCUT2D eigenvalue weighted by Crippen LogP contribution is 2.59. The fraction of sp³-hybridized carbons (Fsp3) is 0.608. The molecule has 10 aliphatic rings. The van der Waals surface area contributed by atoms with Gasteiger partial charge in [0.1, 0.15) is 0 Å². The first-order valence-electron chi connectivity index (χ1n) is 22.5. The van der Waals surface area contributed by atoms with Gasteiger partial charge in [0.25, 0.3) is 0 Å². The summed E-state index contributed by atoms with van der Waals surface area (Å²) in [4.78, 5) is 5.93. The van der Waals surface area contributed by atoms with Gasteiger partial charge in [0.15, 0.2) is 0 Å². The number of allylic oxidation sites excluding steroid dienone is 15. The predicted octanol–water partition coefficient (Wildman–Crippen LogP) is 12.5. The van der Waals surface area contributed by atoms with Gasteiger partial charge in [-0.05, 0) is 136 Å². The molecule has 53 heavy (non-hydrogen) atoms. The third-order valence-electron chi connectivity index (χ3n) is 16.5. The third-order valence-corrected chi connectivity index (χ3v) is 16.5. The van der Waals surface area contributed by atoms with Crippen LogP contribution >= 0.6 is 0 Å². The molecule has 0 aromatic rings. The Hall–Kier alpha value is -2.84. The van der Waals surface area contributed by atoms with Crippen molar-refractivity contribution in [2.24, 2.45) is 46.8 Å². The van der Waals surface area contributed by atoms with Crippen molar-refractivity contribution >= 4 is 0 Å². The second kappa shape index (κ2) is 14.3. The van der Waals surface area contributed by atoms with Crippen LogP contribution in [0.1, 0.15) is 123 Å². The van der Waals surface area contributed by atoms with Crippen LogP contribution in [0, 0.1) is 46.8 Å². The van der Waals surface area contributed by atoms with E-state index in [9.17, 15) is 0 Å². The summed E-state index contributed by atoms with van der Waals surface area (Å²) in [5.74, 6) is 5.14. The first kappa shape index (κ1) is 34.6. The van der Waals surface area contributed by atoms with Crippen LogP contribution in [-0.2, 0) is 0 Å². The molecule has 10 atom stereocenters. The van der Waals surface area contributed by atoms with E-state index in [1.165, 1.54) is 102 Å². The number of rotatable bonds is 6. The average Bonchev–Trinajstić information content (AvgIpc) is 3.67. The van der Waals surface area contributed by atoms with Crippen molar-refractivity contribution in [1.82, 2.24) is 9.80 Å². The normalized spacial score (nSPS) is 40.3. The van der Waals surface area contributed by atoms with Crippen molar-refractivity contribution in [2.75, 3.05) is 0 Å². The Morgan fingerprint density at radius 3 is 2.45 bits per heavy atom. The van der Waals surface area contributed by atoms with E-state index in [1.54, 1.807) is 22.4 Å². The zero-order valence-corrected chi connectivity index (χ0v) is 32.9. The van der Waals surface area contributed by atoms with Crippen LogP contribution in [0.2, 0.25) is 0 Å². The fourth-order valence-electron chi connectivity index (χ4n) is 13.9. The van der Waals surface area contributed by atoms with E-state index in [4.69, 9.17) is 0 Å². The largest absolute Gasteiger partial charge is 0.338 e. The summed E-state index contributed by atoms with van der Waals surface area (Å²) < 4.78 is 0. The van der Waals surface area contributed by atoms with E-state index < -0.39 is 0 Å². The maximum atomic E-state index is 3.06. The van der Waals surface area contributed by atoms with Gasteiger partial charge in [0.2, 0.25) is 0 Å². The number of hydrogen-bond acceptors (Lipinski definition) is 2. The monoisotopic (exact) mass is 707 g/mol. The molecule has 9 aliphatic carbocycles. The zero-order chi connectivity index (χ0) is 35.5. The highest BCUT2D eigenvalue weighted by Gasteiger charge is 2.52. The summed E-state index contributed by atoms with van der Waals surface area (Å²) in [5, 5.41) is 0. The van der Waals surface area contributed by atoms with Crippen LogP contribution in [0.5, 0.6) is 0 Å². The summed E-state index contributed by atoms with van der Waals surface area (Å²) in [5.41, 5.74) is 8.32. The van der Waals surface area contributed by atoms with Gasteiger partial charge in [-0.25, -0.2) is 0 Å². The van der Waals surface area contributed by atoms with Crippen LogP contribution in [0.15, 0.2) is 119 Å². The molecule has 0 amide bonds. The van der Waals surface area contributed by atoms with Gasteiger partial charge < -0.3 is 4.90 Å². The zero-order valence-electron chi connectivity index (χ0n) is 32.9. The maximum absolute atomic E-state index is 3.06. The molecule has 0 spiro atoms. The average molecular weight is 707 g/mol. The van der Waals surface area contributed by atoms with Gasteiger partial charge in [0.05, 0.1) is 6.04 Å². The molecule has 0 aromatic heterocycles. The van der Waals surface area contributed by atoms with Crippen LogP contribution < -0.4 is 0 Å². The van der Waals surface area contributed by atoms with Gasteiger partial charge in [-0.1, -0.05) is 136 Å². The molecule has 0 radical (unpaired) electrons. The Morgan fingerprint density at radius 1 is 0.717 bits per heavy atom. The summed E-state index contributed by atoms with van der Waals surface area (Å²) in [7, 11) is 0. The smallest absolute Gasteiger partial charge is 0.0588 e. The molecule has 0 N–H and O–H groups in total. The number of likely N-dealkylation sites (tertiary alicyclic amines) is 1. The van der Waals surface area contributed by atoms with Gasteiger partial charge in [-0.2, -0.15) is 0 Å². The minimum atomic E-state index is 0.203. The van der Waals surface area contributed by atoms with Crippen molar-refractivity contribution < 1.29 is 0 Å². The molecule has 2 nitrogen and oxygen atoms in total. The number of hydrogen-bond donors (Lipinski definition) is 0. The molecule has 280 valence electrons. The summed E-state index contributed by atoms with van der Waals surface area (Å²) in [6, 6.07) is 2.54. The Bertz CT molecular complexity index is 1730. The van der Waals surface area contributed by atoms with Crippen LogP contribution in [0.25, 0.3) is 0 Å². The second-order valence-electron chi connectivity index (χ2n) is 19.4. The molecule has 0 aromatic carbocycles. The summed E-state index contributed by atoms with van der Waals surface area (Å²) >= 11 is 0. The minimum absolute atomic E-state index is 0.203. The molecule has 1 saturated heterocycles. The van der Waals surface area contributed by atoms with Gasteiger partial charge in [0, 0.05) is 35.4 Å². The topological polar surface area (TPSA) is 6.48 Å². The molecule has 3 saturated carbocycles. The Balaban J connectivity index is 0.919.